The molecule has 1 saturated heterocycles. The lowest BCUT2D eigenvalue weighted by atomic mass is 9.79. The van der Waals surface area contributed by atoms with Crippen LogP contribution in [0.5, 0.6) is 11.5 Å². The maximum absolute atomic E-state index is 11.6. The summed E-state index contributed by atoms with van der Waals surface area (Å²) < 4.78 is 23.8. The summed E-state index contributed by atoms with van der Waals surface area (Å²) in [5.41, 5.74) is 1.81. The van der Waals surface area contributed by atoms with Gasteiger partial charge >= 0.3 is 7.12 Å². The van der Waals surface area contributed by atoms with Gasteiger partial charge in [0.05, 0.1) is 18.3 Å². The number of carbonyl (C=O) groups is 1. The zero-order valence-electron chi connectivity index (χ0n) is 18.6. The average Bonchev–Trinajstić information content (AvgIpc) is 2.98. The van der Waals surface area contributed by atoms with Crippen molar-refractivity contribution in [1.82, 2.24) is 0 Å². The van der Waals surface area contributed by atoms with Crippen molar-refractivity contribution >= 4 is 29.6 Å². The number of rotatable bonds is 6. The van der Waals surface area contributed by atoms with Gasteiger partial charge in [-0.2, -0.15) is 0 Å². The molecule has 0 saturated carbocycles. The second kappa shape index (κ2) is 8.02. The summed E-state index contributed by atoms with van der Waals surface area (Å²) in [5, 5.41) is 1.60. The van der Waals surface area contributed by atoms with Crippen LogP contribution in [0.4, 0.5) is 0 Å². The summed E-state index contributed by atoms with van der Waals surface area (Å²) >= 11 is 0. The fourth-order valence-corrected chi connectivity index (χ4v) is 3.68. The number of ether oxygens (including phenoxy) is 2. The quantitative estimate of drug-likeness (QED) is 0.435. The molecule has 1 fully saturated rings. The smallest absolute Gasteiger partial charge is 0.494 e. The third-order valence-corrected chi connectivity index (χ3v) is 6.24. The first-order chi connectivity index (χ1) is 14.8. The van der Waals surface area contributed by atoms with E-state index in [1.165, 1.54) is 0 Å². The van der Waals surface area contributed by atoms with Gasteiger partial charge < -0.3 is 18.8 Å². The monoisotopic (exact) mass is 418 g/mol. The molecule has 0 radical (unpaired) electrons. The molecular formula is C25H27BO5. The first-order valence-corrected chi connectivity index (χ1v) is 10.4. The Morgan fingerprint density at radius 2 is 1.58 bits per heavy atom. The zero-order valence-corrected chi connectivity index (χ0v) is 18.6. The number of methoxy groups -OCH3 is 1. The van der Waals surface area contributed by atoms with Crippen LogP contribution in [0.3, 0.4) is 0 Å². The van der Waals surface area contributed by atoms with Crippen LogP contribution in [0.15, 0.2) is 54.6 Å². The van der Waals surface area contributed by atoms with Crippen molar-refractivity contribution in [3.63, 3.8) is 0 Å². The summed E-state index contributed by atoms with van der Waals surface area (Å²) in [6.07, 6.45) is 0.841. The van der Waals surface area contributed by atoms with Crippen LogP contribution >= 0.6 is 0 Å². The Hall–Kier alpha value is -2.83. The molecule has 0 N–H and O–H groups in total. The highest BCUT2D eigenvalue weighted by Gasteiger charge is 2.51. The van der Waals surface area contributed by atoms with Gasteiger partial charge in [0.1, 0.15) is 18.1 Å². The predicted molar refractivity (Wildman–Crippen MR) is 122 cm³/mol. The fraction of sp³-hybridized carbons (Fsp3) is 0.320. The molecule has 1 heterocycles. The Kier molecular flexibility index (Phi) is 5.54. The minimum Gasteiger partial charge on any atom is -0.496 e. The van der Waals surface area contributed by atoms with Gasteiger partial charge in [-0.1, -0.05) is 36.4 Å². The van der Waals surface area contributed by atoms with Gasteiger partial charge in [-0.05, 0) is 56.9 Å². The van der Waals surface area contributed by atoms with E-state index < -0.39 is 0 Å². The second-order valence-corrected chi connectivity index (χ2v) is 8.77. The molecule has 3 aromatic rings. The Balaban J connectivity index is 1.53. The molecule has 3 aromatic carbocycles. The lowest BCUT2D eigenvalue weighted by Gasteiger charge is -2.32. The van der Waals surface area contributed by atoms with Crippen LogP contribution in [0.2, 0.25) is 0 Å². The minimum absolute atomic E-state index is 0.370. The van der Waals surface area contributed by atoms with Gasteiger partial charge in [0.25, 0.3) is 0 Å². The van der Waals surface area contributed by atoms with Crippen LogP contribution in [0.1, 0.15) is 43.6 Å². The van der Waals surface area contributed by atoms with Crippen molar-refractivity contribution in [2.45, 2.75) is 45.5 Å². The van der Waals surface area contributed by atoms with Crippen molar-refractivity contribution in [3.05, 3.63) is 65.7 Å². The van der Waals surface area contributed by atoms with Gasteiger partial charge in [0, 0.05) is 16.3 Å². The van der Waals surface area contributed by atoms with Gasteiger partial charge in [0.15, 0.2) is 6.29 Å². The summed E-state index contributed by atoms with van der Waals surface area (Å²) in [6, 6.07) is 17.3. The molecule has 31 heavy (non-hydrogen) atoms. The van der Waals surface area contributed by atoms with Crippen molar-refractivity contribution < 1.29 is 23.6 Å². The molecule has 6 heteroatoms. The Bertz CT molecular complexity index is 1090. The molecule has 160 valence electrons. The maximum Gasteiger partial charge on any atom is 0.494 e. The zero-order chi connectivity index (χ0) is 22.2. The molecule has 0 spiro atoms. The van der Waals surface area contributed by atoms with E-state index in [0.29, 0.717) is 23.7 Å². The van der Waals surface area contributed by atoms with Crippen molar-refractivity contribution in [2.75, 3.05) is 7.11 Å². The molecule has 0 atom stereocenters. The Morgan fingerprint density at radius 3 is 2.19 bits per heavy atom. The normalized spacial score (nSPS) is 17.0. The molecule has 1 aliphatic rings. The van der Waals surface area contributed by atoms with Crippen LogP contribution in [0, 0.1) is 0 Å². The van der Waals surface area contributed by atoms with Crippen LogP contribution < -0.4 is 14.9 Å². The first kappa shape index (κ1) is 21.4. The summed E-state index contributed by atoms with van der Waals surface area (Å²) in [4.78, 5) is 11.6. The number of hydrogen-bond acceptors (Lipinski definition) is 5. The number of hydrogen-bond donors (Lipinski definition) is 0. The lowest BCUT2D eigenvalue weighted by molar-refractivity contribution is 0.00578. The van der Waals surface area contributed by atoms with E-state index in [1.54, 1.807) is 19.2 Å². The summed E-state index contributed by atoms with van der Waals surface area (Å²) in [5.74, 6) is 1.35. The molecule has 0 aromatic heterocycles. The molecular weight excluding hydrogens is 391 g/mol. The molecule has 0 bridgehead atoms. The van der Waals surface area contributed by atoms with Gasteiger partial charge in [0.2, 0.25) is 0 Å². The third-order valence-electron chi connectivity index (χ3n) is 6.24. The molecule has 0 unspecified atom stereocenters. The van der Waals surface area contributed by atoms with E-state index in [1.807, 2.05) is 70.2 Å². The summed E-state index contributed by atoms with van der Waals surface area (Å²) in [7, 11) is 1.23. The summed E-state index contributed by atoms with van der Waals surface area (Å²) in [6.45, 7) is 8.55. The van der Waals surface area contributed by atoms with E-state index in [4.69, 9.17) is 18.8 Å². The lowest BCUT2D eigenvalue weighted by Crippen LogP contribution is -2.41. The van der Waals surface area contributed by atoms with Gasteiger partial charge in [-0.15, -0.1) is 0 Å². The van der Waals surface area contributed by atoms with E-state index in [0.717, 1.165) is 28.1 Å². The molecule has 0 aliphatic carbocycles. The number of fused-ring (bicyclic) bond motifs is 1. The molecule has 0 amide bonds. The van der Waals surface area contributed by atoms with Crippen LogP contribution in [-0.4, -0.2) is 31.7 Å². The van der Waals surface area contributed by atoms with E-state index in [-0.39, 0.29) is 18.3 Å². The largest absolute Gasteiger partial charge is 0.496 e. The molecule has 1 aliphatic heterocycles. The van der Waals surface area contributed by atoms with Crippen molar-refractivity contribution in [2.24, 2.45) is 0 Å². The topological polar surface area (TPSA) is 54.0 Å². The number of benzene rings is 3. The van der Waals surface area contributed by atoms with Crippen LogP contribution in [-0.2, 0) is 15.9 Å². The minimum atomic E-state index is -0.388. The first-order valence-electron chi connectivity index (χ1n) is 10.4. The third kappa shape index (κ3) is 3.93. The number of aldehydes is 1. The SMILES string of the molecule is COc1ccc(C=O)c2c(OCc3ccc(B4OC(C)(C)C(C)(C)O4)cc3)cccc12. The predicted octanol–water partition coefficient (Wildman–Crippen LogP) is 4.54. The molecule has 4 rings (SSSR count). The highest BCUT2D eigenvalue weighted by molar-refractivity contribution is 6.62. The number of carbonyl (C=O) groups excluding carboxylic acids is 1. The fourth-order valence-electron chi connectivity index (χ4n) is 3.68. The Labute approximate surface area is 183 Å². The van der Waals surface area contributed by atoms with E-state index >= 15 is 0 Å². The van der Waals surface area contributed by atoms with Crippen molar-refractivity contribution in [3.8, 4) is 11.5 Å². The van der Waals surface area contributed by atoms with E-state index in [9.17, 15) is 4.79 Å². The van der Waals surface area contributed by atoms with Gasteiger partial charge in [-0.25, -0.2) is 0 Å². The maximum atomic E-state index is 11.6. The van der Waals surface area contributed by atoms with Gasteiger partial charge in [-0.3, -0.25) is 4.79 Å². The van der Waals surface area contributed by atoms with Crippen molar-refractivity contribution in [1.29, 1.82) is 0 Å². The van der Waals surface area contributed by atoms with Crippen LogP contribution in [0.25, 0.3) is 10.8 Å². The van der Waals surface area contributed by atoms with E-state index in [2.05, 4.69) is 0 Å². The second-order valence-electron chi connectivity index (χ2n) is 8.77. The molecule has 5 nitrogen and oxygen atoms in total. The Morgan fingerprint density at radius 1 is 0.903 bits per heavy atom. The highest BCUT2D eigenvalue weighted by atomic mass is 16.7. The average molecular weight is 418 g/mol. The highest BCUT2D eigenvalue weighted by Crippen LogP contribution is 2.37. The standard InChI is InChI=1S/C25H27BO5/c1-24(2)25(3,4)31-26(30-24)19-12-9-17(10-13-19)16-29-22-8-6-7-20-21(28-5)14-11-18(15-27)23(20)22/h6-15H,16H2,1-5H3.